The summed E-state index contributed by atoms with van der Waals surface area (Å²) in [6, 6.07) is 9.33. The van der Waals surface area contributed by atoms with Crippen LogP contribution in [-0.4, -0.2) is 47.6 Å². The fourth-order valence-corrected chi connectivity index (χ4v) is 3.72. The maximum atomic E-state index is 12.3. The monoisotopic (exact) mass is 459 g/mol. The van der Waals surface area contributed by atoms with Crippen molar-refractivity contribution in [2.45, 2.75) is 0 Å². The highest BCUT2D eigenvalue weighted by atomic mass is 35.5. The average Bonchev–Trinajstić information content (AvgIpc) is 2.64. The topological polar surface area (TPSA) is 97.3 Å². The first-order valence-electron chi connectivity index (χ1n) is 8.11. The third-order valence-electron chi connectivity index (χ3n) is 3.65. The smallest absolute Gasteiger partial charge is 0.260 e. The van der Waals surface area contributed by atoms with E-state index in [-0.39, 0.29) is 15.7 Å². The minimum absolute atomic E-state index is 0.165. The molecular weight excluding hydrogens is 441 g/mol. The average molecular weight is 460 g/mol. The molecule has 0 aromatic heterocycles. The Morgan fingerprint density at radius 2 is 1.79 bits per heavy atom. The first-order valence-corrected chi connectivity index (χ1v) is 10.7. The molecule has 0 aliphatic rings. The highest BCUT2D eigenvalue weighted by Crippen LogP contribution is 2.27. The number of sulfonamides is 1. The van der Waals surface area contributed by atoms with Crippen LogP contribution in [0.3, 0.4) is 0 Å². The Labute approximate surface area is 179 Å². The Kier molecular flexibility index (Phi) is 7.72. The van der Waals surface area contributed by atoms with Crippen molar-refractivity contribution in [2.24, 2.45) is 5.10 Å². The molecule has 1 amide bonds. The van der Waals surface area contributed by atoms with Gasteiger partial charge in [-0.05, 0) is 36.4 Å². The number of nitrogens with zero attached hydrogens (tertiary/aromatic N) is 2. The molecule has 0 unspecified atom stereocenters. The molecule has 0 saturated heterocycles. The zero-order chi connectivity index (χ0) is 21.6. The molecule has 0 fully saturated rings. The first kappa shape index (κ1) is 22.8. The largest absolute Gasteiger partial charge is 0.497 e. The highest BCUT2D eigenvalue weighted by molar-refractivity contribution is 7.92. The summed E-state index contributed by atoms with van der Waals surface area (Å²) in [5.74, 6) is 0.444. The number of methoxy groups -OCH3 is 2. The molecule has 2 rings (SSSR count). The Bertz CT molecular complexity index is 1010. The van der Waals surface area contributed by atoms with Crippen molar-refractivity contribution in [3.63, 3.8) is 0 Å². The van der Waals surface area contributed by atoms with Gasteiger partial charge >= 0.3 is 0 Å². The summed E-state index contributed by atoms with van der Waals surface area (Å²) in [7, 11) is -0.759. The number of halogens is 2. The molecule has 0 atom stereocenters. The first-order chi connectivity index (χ1) is 13.6. The Balaban J connectivity index is 2.16. The van der Waals surface area contributed by atoms with Crippen molar-refractivity contribution in [2.75, 3.05) is 31.3 Å². The standard InChI is InChI=1S/C18H19Cl2N3O5S/c1-27-16-4-5-17(28-2)12(6-16)10-21-22-18(24)11-23(29(3,25)26)15-8-13(19)7-14(20)9-15/h4-10H,11H2,1-3H3,(H,22,24)/b21-10-. The van der Waals surface area contributed by atoms with Crippen LogP contribution in [0.2, 0.25) is 10.0 Å². The second kappa shape index (κ2) is 9.82. The van der Waals surface area contributed by atoms with E-state index >= 15 is 0 Å². The van der Waals surface area contributed by atoms with Gasteiger partial charge in [0.05, 0.1) is 32.4 Å². The van der Waals surface area contributed by atoms with Crippen LogP contribution in [0.1, 0.15) is 5.56 Å². The van der Waals surface area contributed by atoms with Gasteiger partial charge in [-0.25, -0.2) is 13.8 Å². The minimum atomic E-state index is -3.78. The summed E-state index contributed by atoms with van der Waals surface area (Å²) >= 11 is 11.9. The molecular formula is C18H19Cl2N3O5S. The van der Waals surface area contributed by atoms with Gasteiger partial charge in [-0.2, -0.15) is 5.10 Å². The number of hydrogen-bond acceptors (Lipinski definition) is 6. The van der Waals surface area contributed by atoms with Crippen LogP contribution in [0.25, 0.3) is 0 Å². The van der Waals surface area contributed by atoms with Crippen LogP contribution in [0.4, 0.5) is 5.69 Å². The molecule has 0 saturated carbocycles. The molecule has 11 heteroatoms. The van der Waals surface area contributed by atoms with E-state index in [2.05, 4.69) is 10.5 Å². The lowest BCUT2D eigenvalue weighted by atomic mass is 10.2. The van der Waals surface area contributed by atoms with E-state index in [9.17, 15) is 13.2 Å². The molecule has 8 nitrogen and oxygen atoms in total. The quantitative estimate of drug-likeness (QED) is 0.483. The number of carbonyl (C=O) groups is 1. The zero-order valence-electron chi connectivity index (χ0n) is 15.8. The Morgan fingerprint density at radius 1 is 1.14 bits per heavy atom. The fraction of sp³-hybridized carbons (Fsp3) is 0.222. The van der Waals surface area contributed by atoms with Crippen molar-refractivity contribution in [1.82, 2.24) is 5.43 Å². The van der Waals surface area contributed by atoms with Crippen LogP contribution in [0.15, 0.2) is 41.5 Å². The van der Waals surface area contributed by atoms with Gasteiger partial charge in [0.15, 0.2) is 0 Å². The van der Waals surface area contributed by atoms with Crippen LogP contribution < -0.4 is 19.2 Å². The van der Waals surface area contributed by atoms with Crippen LogP contribution in [-0.2, 0) is 14.8 Å². The van der Waals surface area contributed by atoms with Crippen LogP contribution in [0.5, 0.6) is 11.5 Å². The van der Waals surface area contributed by atoms with Gasteiger partial charge in [0.25, 0.3) is 5.91 Å². The number of ether oxygens (including phenoxy) is 2. The van der Waals surface area contributed by atoms with Crippen molar-refractivity contribution < 1.29 is 22.7 Å². The number of benzene rings is 2. The van der Waals surface area contributed by atoms with Crippen LogP contribution in [0, 0.1) is 0 Å². The van der Waals surface area contributed by atoms with Crippen LogP contribution >= 0.6 is 23.2 Å². The molecule has 2 aromatic carbocycles. The summed E-state index contributed by atoms with van der Waals surface area (Å²) in [5.41, 5.74) is 3.01. The van der Waals surface area contributed by atoms with Gasteiger partial charge in [-0.1, -0.05) is 23.2 Å². The van der Waals surface area contributed by atoms with E-state index < -0.39 is 22.5 Å². The molecule has 156 valence electrons. The maximum absolute atomic E-state index is 12.3. The number of hydrazone groups is 1. The third-order valence-corrected chi connectivity index (χ3v) is 5.23. The van der Waals surface area contributed by atoms with Crippen molar-refractivity contribution in [3.05, 3.63) is 52.0 Å². The lowest BCUT2D eigenvalue weighted by molar-refractivity contribution is -0.119. The van der Waals surface area contributed by atoms with Gasteiger partial charge in [0.2, 0.25) is 10.0 Å². The summed E-state index contributed by atoms with van der Waals surface area (Å²) in [6.07, 6.45) is 2.33. The fourth-order valence-electron chi connectivity index (χ4n) is 2.36. The number of carbonyl (C=O) groups excluding carboxylic acids is 1. The van der Waals surface area contributed by atoms with E-state index in [4.69, 9.17) is 32.7 Å². The molecule has 0 aliphatic carbocycles. The summed E-state index contributed by atoms with van der Waals surface area (Å²) < 4.78 is 35.5. The molecule has 0 radical (unpaired) electrons. The number of anilines is 1. The van der Waals surface area contributed by atoms with Gasteiger partial charge in [0.1, 0.15) is 18.0 Å². The maximum Gasteiger partial charge on any atom is 0.260 e. The summed E-state index contributed by atoms with van der Waals surface area (Å²) in [4.78, 5) is 12.3. The minimum Gasteiger partial charge on any atom is -0.497 e. The normalized spacial score (nSPS) is 11.3. The zero-order valence-corrected chi connectivity index (χ0v) is 18.2. The Hall–Kier alpha value is -2.49. The summed E-state index contributed by atoms with van der Waals surface area (Å²) in [5, 5.41) is 4.34. The van der Waals surface area contributed by atoms with Crippen molar-refractivity contribution in [3.8, 4) is 11.5 Å². The third kappa shape index (κ3) is 6.52. The number of rotatable bonds is 8. The second-order valence-electron chi connectivity index (χ2n) is 5.80. The molecule has 0 bridgehead atoms. The van der Waals surface area contributed by atoms with Gasteiger partial charge in [0, 0.05) is 15.6 Å². The van der Waals surface area contributed by atoms with Crippen molar-refractivity contribution in [1.29, 1.82) is 0 Å². The molecule has 0 aliphatic heterocycles. The molecule has 2 aromatic rings. The van der Waals surface area contributed by atoms with Gasteiger partial charge < -0.3 is 9.47 Å². The van der Waals surface area contributed by atoms with E-state index in [1.807, 2.05) is 0 Å². The van der Waals surface area contributed by atoms with E-state index in [1.54, 1.807) is 18.2 Å². The highest BCUT2D eigenvalue weighted by Gasteiger charge is 2.21. The molecule has 0 spiro atoms. The lowest BCUT2D eigenvalue weighted by Crippen LogP contribution is -2.39. The van der Waals surface area contributed by atoms with Gasteiger partial charge in [-0.15, -0.1) is 0 Å². The van der Waals surface area contributed by atoms with E-state index in [0.717, 1.165) is 10.6 Å². The number of hydrogen-bond donors (Lipinski definition) is 1. The lowest BCUT2D eigenvalue weighted by Gasteiger charge is -2.21. The molecule has 0 heterocycles. The summed E-state index contributed by atoms with van der Waals surface area (Å²) in [6.45, 7) is -0.512. The molecule has 29 heavy (non-hydrogen) atoms. The predicted octanol–water partition coefficient (Wildman–Crippen LogP) is 2.93. The second-order valence-corrected chi connectivity index (χ2v) is 8.58. The predicted molar refractivity (Wildman–Crippen MR) is 114 cm³/mol. The van der Waals surface area contributed by atoms with Gasteiger partial charge in [-0.3, -0.25) is 9.10 Å². The SMILES string of the molecule is COc1ccc(OC)c(/C=N\NC(=O)CN(c2cc(Cl)cc(Cl)c2)S(C)(=O)=O)c1. The van der Waals surface area contributed by atoms with E-state index in [1.165, 1.54) is 38.6 Å². The number of nitrogens with one attached hydrogen (secondary N) is 1. The van der Waals surface area contributed by atoms with Crippen molar-refractivity contribution >= 4 is 51.0 Å². The number of amides is 1. The van der Waals surface area contributed by atoms with E-state index in [0.29, 0.717) is 17.1 Å². The Morgan fingerprint density at radius 3 is 2.34 bits per heavy atom. The molecule has 1 N–H and O–H groups in total.